The molecule has 1 heterocycles. The Morgan fingerprint density at radius 2 is 1.76 bits per heavy atom. The van der Waals surface area contributed by atoms with Gasteiger partial charge in [0.15, 0.2) is 0 Å². The molecule has 3 aromatic rings. The van der Waals surface area contributed by atoms with Gasteiger partial charge in [0.2, 0.25) is 0 Å². The minimum absolute atomic E-state index is 0.183. The first-order chi connectivity index (χ1) is 12.3. The summed E-state index contributed by atoms with van der Waals surface area (Å²) in [5.41, 5.74) is 1.91. The van der Waals surface area contributed by atoms with E-state index in [4.69, 9.17) is 9.26 Å². The zero-order valence-electron chi connectivity index (χ0n) is 14.1. The Labute approximate surface area is 146 Å². The molecule has 0 saturated heterocycles. The first-order valence-electron chi connectivity index (χ1n) is 8.23. The highest BCUT2D eigenvalue weighted by atomic mass is 16.5. The van der Waals surface area contributed by atoms with Crippen molar-refractivity contribution in [1.29, 1.82) is 0 Å². The van der Waals surface area contributed by atoms with Gasteiger partial charge in [-0.2, -0.15) is 0 Å². The summed E-state index contributed by atoms with van der Waals surface area (Å²) >= 11 is 0. The molecular weight excluding hydrogens is 316 g/mol. The van der Waals surface area contributed by atoms with E-state index in [1.54, 1.807) is 6.92 Å². The zero-order valence-corrected chi connectivity index (χ0v) is 14.1. The molecule has 25 heavy (non-hydrogen) atoms. The lowest BCUT2D eigenvalue weighted by Gasteiger charge is -2.07. The highest BCUT2D eigenvalue weighted by molar-refractivity contribution is 6.00. The van der Waals surface area contributed by atoms with E-state index in [1.807, 2.05) is 60.7 Å². The highest BCUT2D eigenvalue weighted by Gasteiger charge is 2.20. The van der Waals surface area contributed by atoms with Crippen molar-refractivity contribution in [2.45, 2.75) is 13.3 Å². The Morgan fingerprint density at radius 3 is 2.48 bits per heavy atom. The molecule has 0 radical (unpaired) electrons. The maximum absolute atomic E-state index is 12.5. The van der Waals surface area contributed by atoms with Crippen LogP contribution in [0.2, 0.25) is 0 Å². The second-order valence-corrected chi connectivity index (χ2v) is 5.60. The maximum Gasteiger partial charge on any atom is 0.257 e. The number of hydrogen-bond donors (Lipinski definition) is 1. The van der Waals surface area contributed by atoms with E-state index in [9.17, 15) is 4.79 Å². The molecule has 0 aliphatic rings. The van der Waals surface area contributed by atoms with E-state index in [1.165, 1.54) is 0 Å². The van der Waals surface area contributed by atoms with Gasteiger partial charge < -0.3 is 14.6 Å². The molecule has 0 aliphatic carbocycles. The Morgan fingerprint density at radius 1 is 1.08 bits per heavy atom. The molecule has 0 spiro atoms. The van der Waals surface area contributed by atoms with Crippen LogP contribution in [0.4, 0.5) is 0 Å². The topological polar surface area (TPSA) is 64.4 Å². The number of nitrogens with one attached hydrogen (secondary N) is 1. The Bertz CT molecular complexity index is 813. The number of para-hydroxylation sites is 1. The van der Waals surface area contributed by atoms with Crippen molar-refractivity contribution in [2.75, 3.05) is 13.2 Å². The Kier molecular flexibility index (Phi) is 5.46. The van der Waals surface area contributed by atoms with Crippen LogP contribution in [-0.4, -0.2) is 24.2 Å². The molecule has 128 valence electrons. The summed E-state index contributed by atoms with van der Waals surface area (Å²) in [6.45, 7) is 2.80. The normalized spacial score (nSPS) is 10.4. The minimum atomic E-state index is -0.183. The van der Waals surface area contributed by atoms with Crippen LogP contribution < -0.4 is 10.1 Å². The third-order valence-corrected chi connectivity index (χ3v) is 3.76. The predicted octanol–water partition coefficient (Wildman–Crippen LogP) is 3.85. The summed E-state index contributed by atoms with van der Waals surface area (Å²) in [7, 11) is 0. The zero-order chi connectivity index (χ0) is 17.5. The Hall–Kier alpha value is -3.08. The van der Waals surface area contributed by atoms with E-state index < -0.39 is 0 Å². The van der Waals surface area contributed by atoms with Crippen molar-refractivity contribution in [3.8, 4) is 17.0 Å². The first kappa shape index (κ1) is 16.8. The number of aryl methyl sites for hydroxylation is 1. The molecule has 0 atom stereocenters. The molecule has 0 bridgehead atoms. The number of hydrogen-bond acceptors (Lipinski definition) is 4. The van der Waals surface area contributed by atoms with Gasteiger partial charge in [0.05, 0.1) is 6.61 Å². The fourth-order valence-corrected chi connectivity index (χ4v) is 2.50. The van der Waals surface area contributed by atoms with Crippen molar-refractivity contribution >= 4 is 5.91 Å². The van der Waals surface area contributed by atoms with Crippen LogP contribution in [0, 0.1) is 6.92 Å². The summed E-state index contributed by atoms with van der Waals surface area (Å²) in [5, 5.41) is 6.93. The van der Waals surface area contributed by atoms with Crippen LogP contribution in [0.5, 0.6) is 5.75 Å². The number of benzene rings is 2. The monoisotopic (exact) mass is 336 g/mol. The number of aromatic nitrogens is 1. The van der Waals surface area contributed by atoms with E-state index in [-0.39, 0.29) is 5.91 Å². The highest BCUT2D eigenvalue weighted by Crippen LogP contribution is 2.24. The summed E-state index contributed by atoms with van der Waals surface area (Å²) in [6.07, 6.45) is 0.714. The van der Waals surface area contributed by atoms with Crippen LogP contribution in [0.1, 0.15) is 22.5 Å². The molecule has 2 aromatic carbocycles. The number of amides is 1. The molecule has 5 nitrogen and oxygen atoms in total. The lowest BCUT2D eigenvalue weighted by atomic mass is 10.1. The van der Waals surface area contributed by atoms with Crippen LogP contribution in [0.25, 0.3) is 11.3 Å². The van der Waals surface area contributed by atoms with Gasteiger partial charge in [-0.25, -0.2) is 0 Å². The average Bonchev–Trinajstić information content (AvgIpc) is 3.04. The molecule has 0 aliphatic heterocycles. The standard InChI is InChI=1S/C20H20N2O3/c1-15-18(19(22-25-15)16-9-4-2-5-10-16)20(23)21-13-8-14-24-17-11-6-3-7-12-17/h2-7,9-12H,8,13-14H2,1H3,(H,21,23). The van der Waals surface area contributed by atoms with Crippen molar-refractivity contribution in [3.63, 3.8) is 0 Å². The fourth-order valence-electron chi connectivity index (χ4n) is 2.50. The minimum Gasteiger partial charge on any atom is -0.494 e. The molecule has 1 N–H and O–H groups in total. The van der Waals surface area contributed by atoms with Crippen molar-refractivity contribution in [2.24, 2.45) is 0 Å². The SMILES string of the molecule is Cc1onc(-c2ccccc2)c1C(=O)NCCCOc1ccccc1. The van der Waals surface area contributed by atoms with Crippen LogP contribution in [-0.2, 0) is 0 Å². The summed E-state index contributed by atoms with van der Waals surface area (Å²) in [4.78, 5) is 12.5. The summed E-state index contributed by atoms with van der Waals surface area (Å²) < 4.78 is 10.8. The first-order valence-corrected chi connectivity index (χ1v) is 8.23. The Balaban J connectivity index is 1.54. The lowest BCUT2D eigenvalue weighted by Crippen LogP contribution is -2.26. The van der Waals surface area contributed by atoms with E-state index in [2.05, 4.69) is 10.5 Å². The quantitative estimate of drug-likeness (QED) is 0.666. The largest absolute Gasteiger partial charge is 0.494 e. The second-order valence-electron chi connectivity index (χ2n) is 5.60. The lowest BCUT2D eigenvalue weighted by molar-refractivity contribution is 0.0950. The molecule has 1 aromatic heterocycles. The number of carbonyl (C=O) groups is 1. The van der Waals surface area contributed by atoms with Crippen LogP contribution in [0.3, 0.4) is 0 Å². The number of carbonyl (C=O) groups excluding carboxylic acids is 1. The van der Waals surface area contributed by atoms with Crippen molar-refractivity contribution < 1.29 is 14.1 Å². The molecule has 0 fully saturated rings. The smallest absolute Gasteiger partial charge is 0.257 e. The molecular formula is C20H20N2O3. The van der Waals surface area contributed by atoms with E-state index in [0.717, 1.165) is 11.3 Å². The van der Waals surface area contributed by atoms with Gasteiger partial charge in [0.1, 0.15) is 22.8 Å². The van der Waals surface area contributed by atoms with E-state index >= 15 is 0 Å². The van der Waals surface area contributed by atoms with Gasteiger partial charge in [-0.3, -0.25) is 4.79 Å². The van der Waals surface area contributed by atoms with E-state index in [0.29, 0.717) is 36.6 Å². The molecule has 0 saturated carbocycles. The number of ether oxygens (including phenoxy) is 1. The van der Waals surface area contributed by atoms with Crippen molar-refractivity contribution in [1.82, 2.24) is 10.5 Å². The maximum atomic E-state index is 12.5. The van der Waals surface area contributed by atoms with Crippen LogP contribution in [0.15, 0.2) is 65.2 Å². The summed E-state index contributed by atoms with van der Waals surface area (Å²) in [6, 6.07) is 19.2. The second kappa shape index (κ2) is 8.15. The average molecular weight is 336 g/mol. The third-order valence-electron chi connectivity index (χ3n) is 3.76. The van der Waals surface area contributed by atoms with Crippen LogP contribution >= 0.6 is 0 Å². The molecule has 3 rings (SSSR count). The predicted molar refractivity (Wildman–Crippen MR) is 95.6 cm³/mol. The molecule has 5 heteroatoms. The van der Waals surface area contributed by atoms with Gasteiger partial charge in [-0.05, 0) is 25.5 Å². The fraction of sp³-hybridized carbons (Fsp3) is 0.200. The van der Waals surface area contributed by atoms with Gasteiger partial charge in [0.25, 0.3) is 5.91 Å². The van der Waals surface area contributed by atoms with Gasteiger partial charge in [0, 0.05) is 12.1 Å². The number of rotatable bonds is 7. The summed E-state index contributed by atoms with van der Waals surface area (Å²) in [5.74, 6) is 1.16. The van der Waals surface area contributed by atoms with Gasteiger partial charge in [-0.15, -0.1) is 0 Å². The molecule has 1 amide bonds. The van der Waals surface area contributed by atoms with Gasteiger partial charge >= 0.3 is 0 Å². The molecule has 0 unspecified atom stereocenters. The number of nitrogens with zero attached hydrogens (tertiary/aromatic N) is 1. The third kappa shape index (κ3) is 4.26. The van der Waals surface area contributed by atoms with Crippen molar-refractivity contribution in [3.05, 3.63) is 72.0 Å². The van der Waals surface area contributed by atoms with Gasteiger partial charge in [-0.1, -0.05) is 53.7 Å².